The van der Waals surface area contributed by atoms with Gasteiger partial charge in [-0.05, 0) is 54.5 Å². The van der Waals surface area contributed by atoms with E-state index in [0.29, 0.717) is 0 Å². The van der Waals surface area contributed by atoms with Crippen LogP contribution in [0.5, 0.6) is 0 Å². The van der Waals surface area contributed by atoms with Crippen molar-refractivity contribution < 1.29 is 4.57 Å². The third-order valence-electron chi connectivity index (χ3n) is 8.48. The maximum absolute atomic E-state index is 2.64. The molecule has 1 aliphatic heterocycles. The highest BCUT2D eigenvalue weighted by molar-refractivity contribution is 5.95. The van der Waals surface area contributed by atoms with Crippen molar-refractivity contribution in [3.05, 3.63) is 90.1 Å². The molecule has 2 heterocycles. The minimum Gasteiger partial charge on any atom is -0.192 e. The Labute approximate surface area is 192 Å². The highest BCUT2D eigenvalue weighted by Crippen LogP contribution is 2.52. The zero-order chi connectivity index (χ0) is 22.5. The molecule has 1 aromatic heterocycles. The fourth-order valence-electron chi connectivity index (χ4n) is 6.40. The topological polar surface area (TPSA) is 3.88 Å². The molecule has 4 aromatic rings. The molecule has 0 radical (unpaired) electrons. The summed E-state index contributed by atoms with van der Waals surface area (Å²) in [5.74, 6) is 0. The number of hydrogen-bond donors (Lipinski definition) is 0. The fraction of sp³-hybridized carbons (Fsp3) is 0.323. The molecular formula is C31H34N+. The van der Waals surface area contributed by atoms with Crippen molar-refractivity contribution in [2.75, 3.05) is 0 Å². The Hall–Kier alpha value is -2.93. The van der Waals surface area contributed by atoms with Crippen LogP contribution in [0.15, 0.2) is 79.0 Å². The van der Waals surface area contributed by atoms with E-state index in [0.717, 1.165) is 19.3 Å². The number of fused-ring (bicyclic) bond motifs is 5. The zero-order valence-electron chi connectivity index (χ0n) is 20.1. The molecule has 1 unspecified atom stereocenters. The first kappa shape index (κ1) is 20.9. The molecule has 0 bridgehead atoms. The number of hydrogen-bond acceptors (Lipinski definition) is 0. The second-order valence-corrected chi connectivity index (χ2v) is 9.67. The van der Waals surface area contributed by atoms with E-state index in [9.17, 15) is 0 Å². The third-order valence-corrected chi connectivity index (χ3v) is 8.48. The lowest BCUT2D eigenvalue weighted by Crippen LogP contribution is -2.68. The number of benzene rings is 3. The van der Waals surface area contributed by atoms with Gasteiger partial charge in [0.15, 0.2) is 11.7 Å². The van der Waals surface area contributed by atoms with E-state index in [1.165, 1.54) is 44.3 Å². The molecule has 1 nitrogen and oxygen atoms in total. The lowest BCUT2D eigenvalue weighted by atomic mass is 9.58. The van der Waals surface area contributed by atoms with Crippen molar-refractivity contribution in [1.29, 1.82) is 0 Å². The molecule has 0 fully saturated rings. The number of aryl methyl sites for hydroxylation is 1. The second-order valence-electron chi connectivity index (χ2n) is 9.67. The normalized spacial score (nSPS) is 18.9. The molecule has 32 heavy (non-hydrogen) atoms. The highest BCUT2D eigenvalue weighted by atomic mass is 15.1. The van der Waals surface area contributed by atoms with Gasteiger partial charge in [-0.15, -0.1) is 0 Å². The van der Waals surface area contributed by atoms with Crippen LogP contribution < -0.4 is 4.57 Å². The molecule has 1 aliphatic rings. The number of nitrogens with zero attached hydrogens (tertiary/aromatic N) is 1. The molecule has 1 heteroatoms. The first-order chi connectivity index (χ1) is 15.5. The molecule has 0 N–H and O–H groups in total. The molecule has 0 spiro atoms. The van der Waals surface area contributed by atoms with Crippen molar-refractivity contribution in [1.82, 2.24) is 0 Å². The maximum atomic E-state index is 2.64. The molecule has 0 amide bonds. The Morgan fingerprint density at radius 1 is 0.750 bits per heavy atom. The summed E-state index contributed by atoms with van der Waals surface area (Å²) in [7, 11) is 0. The second kappa shape index (κ2) is 7.59. The van der Waals surface area contributed by atoms with Gasteiger partial charge in [-0.3, -0.25) is 0 Å². The van der Waals surface area contributed by atoms with Crippen LogP contribution in [0.4, 0.5) is 0 Å². The average molecular weight is 421 g/mol. The summed E-state index contributed by atoms with van der Waals surface area (Å²) in [6, 6.07) is 27.3. The van der Waals surface area contributed by atoms with Crippen LogP contribution in [0.2, 0.25) is 0 Å². The SMILES string of the molecule is CCC1(C)c2ccc(-c3ccc(C)cc3)cc2-c2c3ccccc3cc[n+]2C1(CC)CC. The van der Waals surface area contributed by atoms with Crippen LogP contribution in [0.25, 0.3) is 33.2 Å². The number of rotatable bonds is 4. The number of aromatic nitrogens is 1. The smallest absolute Gasteiger partial charge is 0.192 e. The summed E-state index contributed by atoms with van der Waals surface area (Å²) in [5, 5.41) is 2.66. The average Bonchev–Trinajstić information content (AvgIpc) is 2.84. The van der Waals surface area contributed by atoms with E-state index in [-0.39, 0.29) is 11.0 Å². The third kappa shape index (κ3) is 2.73. The molecule has 0 saturated carbocycles. The van der Waals surface area contributed by atoms with Crippen LogP contribution in [-0.2, 0) is 11.0 Å². The van der Waals surface area contributed by atoms with E-state index in [1.54, 1.807) is 0 Å². The first-order valence-corrected chi connectivity index (χ1v) is 12.1. The predicted octanol–water partition coefficient (Wildman–Crippen LogP) is 7.97. The molecule has 1 atom stereocenters. The van der Waals surface area contributed by atoms with Crippen molar-refractivity contribution in [3.8, 4) is 22.4 Å². The van der Waals surface area contributed by atoms with Crippen molar-refractivity contribution in [2.45, 2.75) is 64.8 Å². The summed E-state index contributed by atoms with van der Waals surface area (Å²) < 4.78 is 2.64. The Balaban J connectivity index is 1.89. The van der Waals surface area contributed by atoms with Gasteiger partial charge in [-0.2, -0.15) is 4.57 Å². The van der Waals surface area contributed by atoms with Crippen molar-refractivity contribution in [2.24, 2.45) is 0 Å². The standard InChI is InChI=1S/C31H34N/c1-6-30(5)28-18-17-25(23-15-13-22(4)14-16-23)21-27(28)29-26-12-10-9-11-24(26)19-20-32(29)31(30,7-2)8-3/h9-21H,6-8H2,1-5H3/q+1. The summed E-state index contributed by atoms with van der Waals surface area (Å²) in [6.45, 7) is 11.8. The molecule has 162 valence electrons. The summed E-state index contributed by atoms with van der Waals surface area (Å²) in [4.78, 5) is 0. The van der Waals surface area contributed by atoms with E-state index in [1.807, 2.05) is 0 Å². The van der Waals surface area contributed by atoms with Gasteiger partial charge in [0.25, 0.3) is 0 Å². The Morgan fingerprint density at radius 2 is 1.44 bits per heavy atom. The largest absolute Gasteiger partial charge is 0.221 e. The van der Waals surface area contributed by atoms with Crippen LogP contribution in [0, 0.1) is 6.92 Å². The van der Waals surface area contributed by atoms with E-state index < -0.39 is 0 Å². The van der Waals surface area contributed by atoms with Crippen molar-refractivity contribution >= 4 is 10.8 Å². The monoisotopic (exact) mass is 420 g/mol. The molecule has 0 saturated heterocycles. The van der Waals surface area contributed by atoms with Gasteiger partial charge in [-0.25, -0.2) is 0 Å². The number of pyridine rings is 1. The van der Waals surface area contributed by atoms with Gasteiger partial charge in [0.2, 0.25) is 5.69 Å². The van der Waals surface area contributed by atoms with E-state index in [2.05, 4.69) is 118 Å². The highest BCUT2D eigenvalue weighted by Gasteiger charge is 2.58. The zero-order valence-corrected chi connectivity index (χ0v) is 20.1. The minimum atomic E-state index is 0.0550. The van der Waals surface area contributed by atoms with Crippen LogP contribution in [0.1, 0.15) is 58.1 Å². The summed E-state index contributed by atoms with van der Waals surface area (Å²) >= 11 is 0. The van der Waals surface area contributed by atoms with Gasteiger partial charge < -0.3 is 0 Å². The molecule has 0 aliphatic carbocycles. The lowest BCUT2D eigenvalue weighted by molar-refractivity contribution is -0.768. The predicted molar refractivity (Wildman–Crippen MR) is 136 cm³/mol. The summed E-state index contributed by atoms with van der Waals surface area (Å²) in [5.41, 5.74) is 8.26. The minimum absolute atomic E-state index is 0.0550. The summed E-state index contributed by atoms with van der Waals surface area (Å²) in [6.07, 6.45) is 5.71. The van der Waals surface area contributed by atoms with Gasteiger partial charge in [0, 0.05) is 18.9 Å². The van der Waals surface area contributed by atoms with Crippen LogP contribution in [0.3, 0.4) is 0 Å². The molecular weight excluding hydrogens is 386 g/mol. The van der Waals surface area contributed by atoms with Gasteiger partial charge >= 0.3 is 0 Å². The van der Waals surface area contributed by atoms with Gasteiger partial charge in [0.05, 0.1) is 16.4 Å². The lowest BCUT2D eigenvalue weighted by Gasteiger charge is -2.48. The fourth-order valence-corrected chi connectivity index (χ4v) is 6.40. The quantitative estimate of drug-likeness (QED) is 0.295. The van der Waals surface area contributed by atoms with Crippen LogP contribution >= 0.6 is 0 Å². The van der Waals surface area contributed by atoms with Crippen molar-refractivity contribution in [3.63, 3.8) is 0 Å². The Kier molecular flexibility index (Phi) is 4.97. The maximum Gasteiger partial charge on any atom is 0.221 e. The Bertz CT molecular complexity index is 1290. The molecule has 3 aromatic carbocycles. The van der Waals surface area contributed by atoms with Gasteiger partial charge in [0.1, 0.15) is 0 Å². The first-order valence-electron chi connectivity index (χ1n) is 12.1. The van der Waals surface area contributed by atoms with E-state index >= 15 is 0 Å². The van der Waals surface area contributed by atoms with Gasteiger partial charge in [-0.1, -0.05) is 80.9 Å². The molecule has 5 rings (SSSR count). The Morgan fingerprint density at radius 3 is 2.12 bits per heavy atom. The van der Waals surface area contributed by atoms with Crippen LogP contribution in [-0.4, -0.2) is 0 Å². The van der Waals surface area contributed by atoms with E-state index in [4.69, 9.17) is 0 Å².